The third-order valence-electron chi connectivity index (χ3n) is 4.34. The van der Waals surface area contributed by atoms with Crippen LogP contribution in [-0.4, -0.2) is 29.1 Å². The van der Waals surface area contributed by atoms with Crippen LogP contribution in [0.4, 0.5) is 5.69 Å². The number of esters is 1. The van der Waals surface area contributed by atoms with Gasteiger partial charge in [0.15, 0.2) is 0 Å². The Kier molecular flexibility index (Phi) is 6.33. The molecule has 2 N–H and O–H groups in total. The molecule has 1 amide bonds. The van der Waals surface area contributed by atoms with Gasteiger partial charge in [-0.3, -0.25) is 9.59 Å². The van der Waals surface area contributed by atoms with Gasteiger partial charge in [-0.1, -0.05) is 25.1 Å². The molecule has 6 nitrogen and oxygen atoms in total. The maximum Gasteiger partial charge on any atom is 0.335 e. The van der Waals surface area contributed by atoms with E-state index >= 15 is 0 Å². The first kappa shape index (κ1) is 18.7. The lowest BCUT2D eigenvalue weighted by Gasteiger charge is -2.27. The summed E-state index contributed by atoms with van der Waals surface area (Å²) >= 11 is 0. The molecule has 0 spiro atoms. The smallest absolute Gasteiger partial charge is 0.335 e. The lowest BCUT2D eigenvalue weighted by atomic mass is 9.82. The van der Waals surface area contributed by atoms with Gasteiger partial charge in [-0.25, -0.2) is 4.79 Å². The van der Waals surface area contributed by atoms with Gasteiger partial charge >= 0.3 is 11.9 Å². The second-order valence-electron chi connectivity index (χ2n) is 6.19. The number of rotatable bonds is 6. The first-order valence-corrected chi connectivity index (χ1v) is 8.42. The standard InChI is InChI=1S/C19H23NO5/c1-3-12(2)25-19(24)16-10-5-4-9-15(16)17(21)20-14-8-6-7-13(11-14)18(22)23/h4-8,11-12,15-16H,3,9-10H2,1-2H3,(H,20,21)(H,22,23)/t12-,15+,16-/m1/s1. The Morgan fingerprint density at radius 3 is 2.56 bits per heavy atom. The van der Waals surface area contributed by atoms with E-state index in [0.29, 0.717) is 24.9 Å². The number of carboxylic acids is 1. The summed E-state index contributed by atoms with van der Waals surface area (Å²) in [4.78, 5) is 36.0. The number of carbonyl (C=O) groups excluding carboxylic acids is 2. The molecule has 1 aromatic rings. The second kappa shape index (κ2) is 8.46. The molecule has 0 aromatic heterocycles. The van der Waals surface area contributed by atoms with Crippen LogP contribution in [0, 0.1) is 11.8 Å². The summed E-state index contributed by atoms with van der Waals surface area (Å²) < 4.78 is 5.39. The molecule has 3 atom stereocenters. The number of anilines is 1. The van der Waals surface area contributed by atoms with Gasteiger partial charge in [0, 0.05) is 5.69 Å². The first-order valence-electron chi connectivity index (χ1n) is 8.42. The molecule has 0 saturated carbocycles. The van der Waals surface area contributed by atoms with Crippen LogP contribution >= 0.6 is 0 Å². The molecule has 0 unspecified atom stereocenters. The van der Waals surface area contributed by atoms with Crippen LogP contribution in [0.25, 0.3) is 0 Å². The molecular formula is C19H23NO5. The predicted octanol–water partition coefficient (Wildman–Crippen LogP) is 3.25. The normalized spacial score (nSPS) is 20.6. The zero-order valence-electron chi connectivity index (χ0n) is 14.4. The molecule has 1 aliphatic carbocycles. The fourth-order valence-corrected chi connectivity index (χ4v) is 2.70. The minimum atomic E-state index is -1.06. The van der Waals surface area contributed by atoms with Crippen molar-refractivity contribution in [2.45, 2.75) is 39.2 Å². The average molecular weight is 345 g/mol. The predicted molar refractivity (Wildman–Crippen MR) is 93.2 cm³/mol. The fourth-order valence-electron chi connectivity index (χ4n) is 2.70. The van der Waals surface area contributed by atoms with E-state index in [0.717, 1.165) is 0 Å². The highest BCUT2D eigenvalue weighted by Gasteiger charge is 2.35. The van der Waals surface area contributed by atoms with E-state index in [4.69, 9.17) is 9.84 Å². The Labute approximate surface area is 146 Å². The zero-order chi connectivity index (χ0) is 18.4. The highest BCUT2D eigenvalue weighted by molar-refractivity contribution is 5.97. The quantitative estimate of drug-likeness (QED) is 0.610. The maximum absolute atomic E-state index is 12.6. The van der Waals surface area contributed by atoms with Crippen molar-refractivity contribution in [2.75, 3.05) is 5.32 Å². The minimum Gasteiger partial charge on any atom is -0.478 e. The Morgan fingerprint density at radius 1 is 1.24 bits per heavy atom. The number of hydrogen-bond acceptors (Lipinski definition) is 4. The second-order valence-corrected chi connectivity index (χ2v) is 6.19. The van der Waals surface area contributed by atoms with Crippen LogP contribution in [0.1, 0.15) is 43.5 Å². The molecule has 2 rings (SSSR count). The van der Waals surface area contributed by atoms with Gasteiger partial charge in [-0.15, -0.1) is 0 Å². The number of ether oxygens (including phenoxy) is 1. The fraction of sp³-hybridized carbons (Fsp3) is 0.421. The van der Waals surface area contributed by atoms with E-state index in [-0.39, 0.29) is 23.5 Å². The van der Waals surface area contributed by atoms with E-state index in [2.05, 4.69) is 5.32 Å². The molecular weight excluding hydrogens is 322 g/mol. The van der Waals surface area contributed by atoms with Gasteiger partial charge in [0.05, 0.1) is 23.5 Å². The maximum atomic E-state index is 12.6. The monoisotopic (exact) mass is 345 g/mol. The third kappa shape index (κ3) is 4.92. The molecule has 6 heteroatoms. The van der Waals surface area contributed by atoms with Crippen molar-refractivity contribution < 1.29 is 24.2 Å². The topological polar surface area (TPSA) is 92.7 Å². The van der Waals surface area contributed by atoms with Crippen molar-refractivity contribution in [1.29, 1.82) is 0 Å². The number of carbonyl (C=O) groups is 3. The van der Waals surface area contributed by atoms with Gasteiger partial charge in [0.1, 0.15) is 0 Å². The van der Waals surface area contributed by atoms with Gasteiger partial charge in [0.2, 0.25) is 5.91 Å². The molecule has 1 aliphatic rings. The van der Waals surface area contributed by atoms with Gasteiger partial charge in [-0.05, 0) is 44.4 Å². The summed E-state index contributed by atoms with van der Waals surface area (Å²) in [7, 11) is 0. The van der Waals surface area contributed by atoms with E-state index in [1.165, 1.54) is 12.1 Å². The summed E-state index contributed by atoms with van der Waals surface area (Å²) in [5, 5.41) is 11.7. The highest BCUT2D eigenvalue weighted by Crippen LogP contribution is 2.29. The van der Waals surface area contributed by atoms with Crippen LogP contribution < -0.4 is 5.32 Å². The van der Waals surface area contributed by atoms with E-state index in [1.54, 1.807) is 12.1 Å². The van der Waals surface area contributed by atoms with E-state index in [9.17, 15) is 14.4 Å². The van der Waals surface area contributed by atoms with Crippen molar-refractivity contribution in [3.63, 3.8) is 0 Å². The summed E-state index contributed by atoms with van der Waals surface area (Å²) in [5.74, 6) is -2.79. The Hall–Kier alpha value is -2.63. The number of carboxylic acid groups (broad SMARTS) is 1. The highest BCUT2D eigenvalue weighted by atomic mass is 16.5. The Bertz CT molecular complexity index is 682. The number of nitrogens with one attached hydrogen (secondary N) is 1. The Morgan fingerprint density at radius 2 is 1.92 bits per heavy atom. The molecule has 0 fully saturated rings. The van der Waals surface area contributed by atoms with Crippen LogP contribution in [0.2, 0.25) is 0 Å². The van der Waals surface area contributed by atoms with Crippen LogP contribution in [0.3, 0.4) is 0 Å². The lowest BCUT2D eigenvalue weighted by molar-refractivity contribution is -0.157. The van der Waals surface area contributed by atoms with Gasteiger partial charge < -0.3 is 15.2 Å². The first-order chi connectivity index (χ1) is 11.9. The van der Waals surface area contributed by atoms with Crippen molar-refractivity contribution in [3.05, 3.63) is 42.0 Å². The van der Waals surface area contributed by atoms with Crippen LogP contribution in [0.5, 0.6) is 0 Å². The molecule has 0 bridgehead atoms. The zero-order valence-corrected chi connectivity index (χ0v) is 14.4. The molecule has 25 heavy (non-hydrogen) atoms. The molecule has 0 radical (unpaired) electrons. The van der Waals surface area contributed by atoms with Gasteiger partial charge in [0.25, 0.3) is 0 Å². The molecule has 134 valence electrons. The average Bonchev–Trinajstić information content (AvgIpc) is 2.61. The van der Waals surface area contributed by atoms with Gasteiger partial charge in [-0.2, -0.15) is 0 Å². The number of allylic oxidation sites excluding steroid dienone is 2. The molecule has 0 heterocycles. The number of aromatic carboxylic acids is 1. The number of benzene rings is 1. The van der Waals surface area contributed by atoms with Crippen molar-refractivity contribution in [1.82, 2.24) is 0 Å². The minimum absolute atomic E-state index is 0.0917. The summed E-state index contributed by atoms with van der Waals surface area (Å²) in [6.45, 7) is 3.75. The van der Waals surface area contributed by atoms with Crippen LogP contribution in [0.15, 0.2) is 36.4 Å². The number of hydrogen-bond donors (Lipinski definition) is 2. The lowest BCUT2D eigenvalue weighted by Crippen LogP contribution is -2.36. The molecule has 0 aliphatic heterocycles. The number of amides is 1. The SMILES string of the molecule is CC[C@@H](C)OC(=O)[C@@H]1CC=CC[C@@H]1C(=O)Nc1cccc(C(=O)O)c1. The van der Waals surface area contributed by atoms with Crippen LogP contribution in [-0.2, 0) is 14.3 Å². The molecule has 0 saturated heterocycles. The summed E-state index contributed by atoms with van der Waals surface area (Å²) in [5.41, 5.74) is 0.488. The Balaban J connectivity index is 2.10. The van der Waals surface area contributed by atoms with Crippen molar-refractivity contribution in [3.8, 4) is 0 Å². The largest absolute Gasteiger partial charge is 0.478 e. The van der Waals surface area contributed by atoms with Crippen molar-refractivity contribution in [2.24, 2.45) is 11.8 Å². The summed E-state index contributed by atoms with van der Waals surface area (Å²) in [6.07, 6.45) is 5.21. The summed E-state index contributed by atoms with van der Waals surface area (Å²) in [6, 6.07) is 6.03. The van der Waals surface area contributed by atoms with Crippen molar-refractivity contribution >= 4 is 23.5 Å². The van der Waals surface area contributed by atoms with E-state index in [1.807, 2.05) is 26.0 Å². The van der Waals surface area contributed by atoms with E-state index < -0.39 is 17.8 Å². The molecule has 1 aromatic carbocycles. The third-order valence-corrected chi connectivity index (χ3v) is 4.34.